The summed E-state index contributed by atoms with van der Waals surface area (Å²) >= 11 is 0. The summed E-state index contributed by atoms with van der Waals surface area (Å²) in [4.78, 5) is 19.9. The van der Waals surface area contributed by atoms with Gasteiger partial charge in [0.1, 0.15) is 0 Å². The number of carbonyl (C=O) groups is 1. The number of likely N-dealkylation sites (tertiary alicyclic amines) is 1. The van der Waals surface area contributed by atoms with Gasteiger partial charge in [0.25, 0.3) is 11.8 Å². The van der Waals surface area contributed by atoms with Crippen LogP contribution in [0.15, 0.2) is 53.1 Å². The third kappa shape index (κ3) is 3.57. The maximum Gasteiger partial charge on any atom is 0.259 e. The fourth-order valence-electron chi connectivity index (χ4n) is 3.94. The fraction of sp³-hybridized carbons (Fsp3) is 0.348. The molecule has 4 rings (SSSR count). The van der Waals surface area contributed by atoms with E-state index in [4.69, 9.17) is 4.52 Å². The average Bonchev–Trinajstić information content (AvgIpc) is 3.23. The second-order valence-electron chi connectivity index (χ2n) is 7.39. The number of amides is 1. The molecule has 1 atom stereocenters. The van der Waals surface area contributed by atoms with Crippen LogP contribution in [0.25, 0.3) is 22.8 Å². The zero-order valence-corrected chi connectivity index (χ0v) is 16.4. The van der Waals surface area contributed by atoms with E-state index in [1.54, 1.807) is 0 Å². The summed E-state index contributed by atoms with van der Waals surface area (Å²) in [7, 11) is 0. The fourth-order valence-corrected chi connectivity index (χ4v) is 3.94. The summed E-state index contributed by atoms with van der Waals surface area (Å²) in [5.74, 6) is 0.966. The Balaban J connectivity index is 1.68. The first-order valence-electron chi connectivity index (χ1n) is 9.98. The molecule has 1 aliphatic rings. The van der Waals surface area contributed by atoms with Gasteiger partial charge in [-0.25, -0.2) is 0 Å². The van der Waals surface area contributed by atoms with Crippen molar-refractivity contribution in [3.8, 4) is 22.8 Å². The lowest BCUT2D eigenvalue weighted by atomic mass is 9.97. The first kappa shape index (κ1) is 18.4. The van der Waals surface area contributed by atoms with E-state index in [1.165, 1.54) is 6.42 Å². The third-order valence-corrected chi connectivity index (χ3v) is 5.45. The Morgan fingerprint density at radius 3 is 2.86 bits per heavy atom. The van der Waals surface area contributed by atoms with Crippen LogP contribution in [-0.4, -0.2) is 33.5 Å². The number of piperidine rings is 1. The van der Waals surface area contributed by atoms with E-state index < -0.39 is 0 Å². The van der Waals surface area contributed by atoms with Crippen LogP contribution in [0, 0.1) is 6.92 Å². The highest BCUT2D eigenvalue weighted by Crippen LogP contribution is 2.29. The minimum atomic E-state index is 0.0532. The SMILES string of the molecule is CCC1CCCCN1C(=O)c1ccccc1-c1nc(-c2cccc(C)c2)no1. The number of aryl methyl sites for hydroxylation is 1. The summed E-state index contributed by atoms with van der Waals surface area (Å²) in [5.41, 5.74) is 3.36. The van der Waals surface area contributed by atoms with Gasteiger partial charge >= 0.3 is 0 Å². The molecule has 0 spiro atoms. The van der Waals surface area contributed by atoms with Crippen molar-refractivity contribution in [1.82, 2.24) is 15.0 Å². The van der Waals surface area contributed by atoms with Gasteiger partial charge in [0, 0.05) is 18.2 Å². The van der Waals surface area contributed by atoms with Crippen LogP contribution < -0.4 is 0 Å². The lowest BCUT2D eigenvalue weighted by Gasteiger charge is -2.35. The summed E-state index contributed by atoms with van der Waals surface area (Å²) < 4.78 is 5.54. The van der Waals surface area contributed by atoms with E-state index in [0.717, 1.165) is 36.9 Å². The Hall–Kier alpha value is -2.95. The molecule has 3 aromatic rings. The number of hydrogen-bond donors (Lipinski definition) is 0. The first-order valence-corrected chi connectivity index (χ1v) is 9.98. The molecule has 1 aliphatic heterocycles. The topological polar surface area (TPSA) is 59.2 Å². The summed E-state index contributed by atoms with van der Waals surface area (Å²) in [6.07, 6.45) is 4.30. The largest absolute Gasteiger partial charge is 0.336 e. The highest BCUT2D eigenvalue weighted by Gasteiger charge is 2.28. The van der Waals surface area contributed by atoms with Crippen molar-refractivity contribution in [3.63, 3.8) is 0 Å². The summed E-state index contributed by atoms with van der Waals surface area (Å²) in [6, 6.07) is 15.8. The Kier molecular flexibility index (Phi) is 5.24. The predicted octanol–water partition coefficient (Wildman–Crippen LogP) is 5.12. The number of nitrogens with zero attached hydrogens (tertiary/aromatic N) is 3. The normalized spacial score (nSPS) is 16.9. The van der Waals surface area contributed by atoms with Crippen molar-refractivity contribution in [2.75, 3.05) is 6.54 Å². The van der Waals surface area contributed by atoms with E-state index in [1.807, 2.05) is 60.4 Å². The van der Waals surface area contributed by atoms with Gasteiger partial charge in [0.15, 0.2) is 0 Å². The van der Waals surface area contributed by atoms with Crippen LogP contribution in [0.4, 0.5) is 0 Å². The van der Waals surface area contributed by atoms with E-state index in [9.17, 15) is 4.79 Å². The number of rotatable bonds is 4. The van der Waals surface area contributed by atoms with Gasteiger partial charge in [-0.3, -0.25) is 4.79 Å². The van der Waals surface area contributed by atoms with Gasteiger partial charge in [-0.2, -0.15) is 4.98 Å². The van der Waals surface area contributed by atoms with Crippen molar-refractivity contribution in [2.24, 2.45) is 0 Å². The number of benzene rings is 2. The number of carbonyl (C=O) groups excluding carboxylic acids is 1. The molecule has 1 aromatic heterocycles. The van der Waals surface area contributed by atoms with Gasteiger partial charge in [0.2, 0.25) is 5.82 Å². The van der Waals surface area contributed by atoms with Crippen LogP contribution in [0.1, 0.15) is 48.5 Å². The summed E-state index contributed by atoms with van der Waals surface area (Å²) in [5, 5.41) is 4.14. The molecule has 2 aromatic carbocycles. The minimum Gasteiger partial charge on any atom is -0.336 e. The van der Waals surface area contributed by atoms with Crippen molar-refractivity contribution in [2.45, 2.75) is 45.6 Å². The average molecular weight is 375 g/mol. The second kappa shape index (κ2) is 7.97. The highest BCUT2D eigenvalue weighted by atomic mass is 16.5. The highest BCUT2D eigenvalue weighted by molar-refractivity contribution is 6.00. The van der Waals surface area contributed by atoms with Crippen LogP contribution in [0.2, 0.25) is 0 Å². The molecule has 2 heterocycles. The van der Waals surface area contributed by atoms with Gasteiger partial charge in [-0.1, -0.05) is 48.0 Å². The molecule has 0 saturated carbocycles. The lowest BCUT2D eigenvalue weighted by Crippen LogP contribution is -2.43. The zero-order chi connectivity index (χ0) is 19.5. The second-order valence-corrected chi connectivity index (χ2v) is 7.39. The molecule has 0 N–H and O–H groups in total. The number of aromatic nitrogens is 2. The Morgan fingerprint density at radius 2 is 2.04 bits per heavy atom. The monoisotopic (exact) mass is 375 g/mol. The van der Waals surface area contributed by atoms with Crippen molar-refractivity contribution >= 4 is 5.91 Å². The molecule has 1 fully saturated rings. The molecule has 0 radical (unpaired) electrons. The quantitative estimate of drug-likeness (QED) is 0.635. The smallest absolute Gasteiger partial charge is 0.259 e. The van der Waals surface area contributed by atoms with Crippen LogP contribution in [0.3, 0.4) is 0 Å². The first-order chi connectivity index (χ1) is 13.7. The van der Waals surface area contributed by atoms with Crippen LogP contribution in [0.5, 0.6) is 0 Å². The third-order valence-electron chi connectivity index (χ3n) is 5.45. The summed E-state index contributed by atoms with van der Waals surface area (Å²) in [6.45, 7) is 4.99. The lowest BCUT2D eigenvalue weighted by molar-refractivity contribution is 0.0608. The van der Waals surface area contributed by atoms with E-state index in [0.29, 0.717) is 28.9 Å². The molecule has 5 heteroatoms. The van der Waals surface area contributed by atoms with Crippen molar-refractivity contribution in [3.05, 3.63) is 59.7 Å². The Morgan fingerprint density at radius 1 is 1.18 bits per heavy atom. The maximum atomic E-state index is 13.3. The van der Waals surface area contributed by atoms with E-state index >= 15 is 0 Å². The van der Waals surface area contributed by atoms with E-state index in [2.05, 4.69) is 17.1 Å². The minimum absolute atomic E-state index is 0.0532. The molecule has 0 bridgehead atoms. The molecular weight excluding hydrogens is 350 g/mol. The Bertz CT molecular complexity index is 979. The van der Waals surface area contributed by atoms with Crippen LogP contribution >= 0.6 is 0 Å². The molecule has 1 saturated heterocycles. The number of hydrogen-bond acceptors (Lipinski definition) is 4. The standard InChI is InChI=1S/C23H25N3O2/c1-3-18-11-6-7-14-26(18)23(27)20-13-5-4-12-19(20)22-24-21(25-28-22)17-10-8-9-16(2)15-17/h4-5,8-10,12-13,15,18H,3,6-7,11,14H2,1-2H3. The molecule has 5 nitrogen and oxygen atoms in total. The molecule has 144 valence electrons. The van der Waals surface area contributed by atoms with Gasteiger partial charge in [0.05, 0.1) is 11.1 Å². The maximum absolute atomic E-state index is 13.3. The van der Waals surface area contributed by atoms with E-state index in [-0.39, 0.29) is 5.91 Å². The van der Waals surface area contributed by atoms with Crippen molar-refractivity contribution in [1.29, 1.82) is 0 Å². The molecule has 28 heavy (non-hydrogen) atoms. The zero-order valence-electron chi connectivity index (χ0n) is 16.4. The van der Waals surface area contributed by atoms with Crippen LogP contribution in [-0.2, 0) is 0 Å². The molecule has 1 amide bonds. The molecule has 1 unspecified atom stereocenters. The molecular formula is C23H25N3O2. The molecule has 0 aliphatic carbocycles. The van der Waals surface area contributed by atoms with Crippen molar-refractivity contribution < 1.29 is 9.32 Å². The Labute approximate surface area is 165 Å². The van der Waals surface area contributed by atoms with Gasteiger partial charge in [-0.05, 0) is 50.8 Å². The van der Waals surface area contributed by atoms with Gasteiger partial charge in [-0.15, -0.1) is 0 Å². The van der Waals surface area contributed by atoms with Gasteiger partial charge < -0.3 is 9.42 Å². The predicted molar refractivity (Wildman–Crippen MR) is 109 cm³/mol.